The summed E-state index contributed by atoms with van der Waals surface area (Å²) in [6.45, 7) is 5.97. The van der Waals surface area contributed by atoms with Crippen molar-refractivity contribution in [3.05, 3.63) is 64.9 Å². The van der Waals surface area contributed by atoms with Gasteiger partial charge < -0.3 is 15.0 Å². The van der Waals surface area contributed by atoms with Crippen molar-refractivity contribution in [2.45, 2.75) is 39.2 Å². The summed E-state index contributed by atoms with van der Waals surface area (Å²) in [4.78, 5) is 30.0. The van der Waals surface area contributed by atoms with E-state index in [1.807, 2.05) is 0 Å². The van der Waals surface area contributed by atoms with Gasteiger partial charge in [0.1, 0.15) is 34.6 Å². The first-order valence-corrected chi connectivity index (χ1v) is 10.1. The molecule has 9 heteroatoms. The Bertz CT molecular complexity index is 1050. The minimum Gasteiger partial charge on any atom is -0.444 e. The van der Waals surface area contributed by atoms with E-state index in [4.69, 9.17) is 4.74 Å². The largest absolute Gasteiger partial charge is 0.444 e. The average molecular weight is 447 g/mol. The quantitative estimate of drug-likeness (QED) is 0.691. The first-order chi connectivity index (χ1) is 15.0. The third-order valence-electron chi connectivity index (χ3n) is 4.72. The number of rotatable bonds is 3. The van der Waals surface area contributed by atoms with Crippen LogP contribution in [-0.4, -0.2) is 40.6 Å². The zero-order valence-corrected chi connectivity index (χ0v) is 18.0. The fraction of sp³-hybridized carbons (Fsp3) is 0.348. The molecule has 0 unspecified atom stereocenters. The average Bonchev–Trinajstić information content (AvgIpc) is 2.72. The van der Waals surface area contributed by atoms with Crippen molar-refractivity contribution < 1.29 is 27.5 Å². The summed E-state index contributed by atoms with van der Waals surface area (Å²) >= 11 is 0. The van der Waals surface area contributed by atoms with Crippen LogP contribution in [0, 0.1) is 11.6 Å². The summed E-state index contributed by atoms with van der Waals surface area (Å²) < 4.78 is 47.2. The van der Waals surface area contributed by atoms with Crippen molar-refractivity contribution in [1.29, 1.82) is 0 Å². The Morgan fingerprint density at radius 1 is 1.09 bits per heavy atom. The molecule has 0 bridgehead atoms. The second-order valence-corrected chi connectivity index (χ2v) is 8.37. The standard InChI is InChI=1S/C23H24F3N3O3/c1-23(2,3)32-22(31)29-11-9-14(10-12-29)20(26)18-5-4-6-19(27-18)28-21(30)16-8-7-15(24)13-17(16)25/h4-8,13H,9-12H2,1-3H3,(H,27,28,30). The van der Waals surface area contributed by atoms with Crippen LogP contribution in [0.1, 0.15) is 49.7 Å². The van der Waals surface area contributed by atoms with E-state index in [2.05, 4.69) is 10.3 Å². The Balaban J connectivity index is 1.69. The number of benzene rings is 1. The van der Waals surface area contributed by atoms with E-state index < -0.39 is 35.1 Å². The van der Waals surface area contributed by atoms with E-state index in [1.165, 1.54) is 23.1 Å². The molecular weight excluding hydrogens is 423 g/mol. The highest BCUT2D eigenvalue weighted by atomic mass is 19.1. The molecular formula is C23H24F3N3O3. The number of aromatic nitrogens is 1. The highest BCUT2D eigenvalue weighted by Crippen LogP contribution is 2.28. The Morgan fingerprint density at radius 2 is 1.78 bits per heavy atom. The van der Waals surface area contributed by atoms with Gasteiger partial charge in [0, 0.05) is 19.2 Å². The maximum absolute atomic E-state index is 15.0. The van der Waals surface area contributed by atoms with Crippen LogP contribution in [0.5, 0.6) is 0 Å². The highest BCUT2D eigenvalue weighted by molar-refractivity contribution is 6.04. The topological polar surface area (TPSA) is 71.5 Å². The first kappa shape index (κ1) is 23.3. The van der Waals surface area contributed by atoms with Gasteiger partial charge in [-0.25, -0.2) is 22.9 Å². The van der Waals surface area contributed by atoms with Gasteiger partial charge in [-0.15, -0.1) is 0 Å². The number of nitrogens with zero attached hydrogens (tertiary/aromatic N) is 2. The maximum Gasteiger partial charge on any atom is 0.410 e. The molecule has 0 radical (unpaired) electrons. The molecule has 2 amide bonds. The Hall–Kier alpha value is -3.36. The summed E-state index contributed by atoms with van der Waals surface area (Å²) in [5, 5.41) is 2.39. The number of ether oxygens (including phenoxy) is 1. The number of likely N-dealkylation sites (tertiary alicyclic amines) is 1. The molecule has 2 aromatic rings. The molecule has 1 aliphatic rings. The van der Waals surface area contributed by atoms with Gasteiger partial charge in [0.25, 0.3) is 5.91 Å². The second-order valence-electron chi connectivity index (χ2n) is 8.37. The predicted molar refractivity (Wildman–Crippen MR) is 114 cm³/mol. The molecule has 1 aromatic carbocycles. The Kier molecular flexibility index (Phi) is 6.86. The van der Waals surface area contributed by atoms with Gasteiger partial charge in [0.2, 0.25) is 0 Å². The summed E-state index contributed by atoms with van der Waals surface area (Å²) in [5.41, 5.74) is -0.440. The van der Waals surface area contributed by atoms with E-state index >= 15 is 4.39 Å². The highest BCUT2D eigenvalue weighted by Gasteiger charge is 2.26. The fourth-order valence-corrected chi connectivity index (χ4v) is 3.17. The normalized spacial score (nSPS) is 14.2. The minimum atomic E-state index is -1.01. The van der Waals surface area contributed by atoms with Crippen molar-refractivity contribution in [1.82, 2.24) is 9.88 Å². The summed E-state index contributed by atoms with van der Waals surface area (Å²) in [6, 6.07) is 6.99. The zero-order chi connectivity index (χ0) is 23.5. The summed E-state index contributed by atoms with van der Waals surface area (Å²) in [5.74, 6) is -3.14. The fourth-order valence-electron chi connectivity index (χ4n) is 3.17. The van der Waals surface area contributed by atoms with Crippen LogP contribution in [0.2, 0.25) is 0 Å². The lowest BCUT2D eigenvalue weighted by Gasteiger charge is -2.31. The number of pyridine rings is 1. The van der Waals surface area contributed by atoms with Crippen LogP contribution in [0.3, 0.4) is 0 Å². The van der Waals surface area contributed by atoms with Crippen LogP contribution in [0.25, 0.3) is 5.83 Å². The summed E-state index contributed by atoms with van der Waals surface area (Å²) in [7, 11) is 0. The van der Waals surface area contributed by atoms with Crippen molar-refractivity contribution >= 4 is 23.6 Å². The molecule has 1 fully saturated rings. The van der Waals surface area contributed by atoms with E-state index in [1.54, 1.807) is 20.8 Å². The third-order valence-corrected chi connectivity index (χ3v) is 4.72. The van der Waals surface area contributed by atoms with E-state index in [0.717, 1.165) is 12.1 Å². The van der Waals surface area contributed by atoms with Crippen molar-refractivity contribution in [3.8, 4) is 0 Å². The number of carbonyl (C=O) groups excluding carboxylic acids is 2. The molecule has 0 atom stereocenters. The van der Waals surface area contributed by atoms with Gasteiger partial charge in [-0.05, 0) is 63.5 Å². The molecule has 32 heavy (non-hydrogen) atoms. The first-order valence-electron chi connectivity index (χ1n) is 10.1. The summed E-state index contributed by atoms with van der Waals surface area (Å²) in [6.07, 6.45) is 0.210. The second kappa shape index (κ2) is 9.42. The molecule has 0 saturated carbocycles. The number of anilines is 1. The van der Waals surface area contributed by atoms with Crippen LogP contribution in [0.4, 0.5) is 23.8 Å². The predicted octanol–water partition coefficient (Wildman–Crippen LogP) is 5.32. The number of halogens is 3. The number of hydrogen-bond acceptors (Lipinski definition) is 4. The molecule has 2 heterocycles. The van der Waals surface area contributed by atoms with Gasteiger partial charge in [0.15, 0.2) is 0 Å². The van der Waals surface area contributed by atoms with Crippen LogP contribution < -0.4 is 5.32 Å². The van der Waals surface area contributed by atoms with E-state index in [-0.39, 0.29) is 17.1 Å². The molecule has 1 aliphatic heterocycles. The Labute approximate surface area is 184 Å². The van der Waals surface area contributed by atoms with Gasteiger partial charge in [0.05, 0.1) is 5.56 Å². The molecule has 1 aromatic heterocycles. The zero-order valence-electron chi connectivity index (χ0n) is 18.0. The number of hydrogen-bond donors (Lipinski definition) is 1. The molecule has 1 saturated heterocycles. The number of amides is 2. The van der Waals surface area contributed by atoms with Crippen molar-refractivity contribution in [2.24, 2.45) is 0 Å². The lowest BCUT2D eigenvalue weighted by molar-refractivity contribution is 0.0236. The van der Waals surface area contributed by atoms with Crippen LogP contribution in [0.15, 0.2) is 42.0 Å². The number of nitrogens with one attached hydrogen (secondary N) is 1. The monoisotopic (exact) mass is 447 g/mol. The smallest absolute Gasteiger partial charge is 0.410 e. The molecule has 6 nitrogen and oxygen atoms in total. The molecule has 1 N–H and O–H groups in total. The number of carbonyl (C=O) groups is 2. The van der Waals surface area contributed by atoms with Crippen molar-refractivity contribution in [2.75, 3.05) is 18.4 Å². The van der Waals surface area contributed by atoms with Crippen molar-refractivity contribution in [3.63, 3.8) is 0 Å². The van der Waals surface area contributed by atoms with Gasteiger partial charge in [-0.1, -0.05) is 6.07 Å². The molecule has 0 spiro atoms. The maximum atomic E-state index is 15.0. The third kappa shape index (κ3) is 5.87. The van der Waals surface area contributed by atoms with Gasteiger partial charge in [-0.3, -0.25) is 4.79 Å². The molecule has 170 valence electrons. The van der Waals surface area contributed by atoms with E-state index in [9.17, 15) is 18.4 Å². The SMILES string of the molecule is CC(C)(C)OC(=O)N1CCC(=C(F)c2cccc(NC(=O)c3ccc(F)cc3F)n2)CC1. The molecule has 0 aliphatic carbocycles. The van der Waals surface area contributed by atoms with E-state index in [0.29, 0.717) is 37.6 Å². The number of piperidine rings is 1. The lowest BCUT2D eigenvalue weighted by atomic mass is 10.0. The Morgan fingerprint density at radius 3 is 2.41 bits per heavy atom. The van der Waals surface area contributed by atoms with Crippen LogP contribution in [-0.2, 0) is 4.74 Å². The van der Waals surface area contributed by atoms with Gasteiger partial charge >= 0.3 is 6.09 Å². The van der Waals surface area contributed by atoms with Crippen LogP contribution >= 0.6 is 0 Å². The van der Waals surface area contributed by atoms with Gasteiger partial charge in [-0.2, -0.15) is 0 Å². The molecule has 3 rings (SSSR count). The minimum absolute atomic E-state index is 0.0168. The lowest BCUT2D eigenvalue weighted by Crippen LogP contribution is -2.40.